The largest absolute Gasteiger partial charge is 0.376 e. The van der Waals surface area contributed by atoms with Gasteiger partial charge >= 0.3 is 0 Å². The Balaban J connectivity index is 2.21. The van der Waals surface area contributed by atoms with Gasteiger partial charge in [-0.1, -0.05) is 0 Å². The molecule has 0 aliphatic heterocycles. The lowest BCUT2D eigenvalue weighted by atomic mass is 9.88. The quantitative estimate of drug-likeness (QED) is 0.607. The number of hydrogen-bond acceptors (Lipinski definition) is 2. The minimum atomic E-state index is 0.303. The molecule has 0 saturated heterocycles. The molecule has 0 unspecified atom stereocenters. The van der Waals surface area contributed by atoms with Gasteiger partial charge in [0.05, 0.1) is 12.2 Å². The molecular formula is C10H18O2. The van der Waals surface area contributed by atoms with E-state index in [9.17, 15) is 4.79 Å². The van der Waals surface area contributed by atoms with E-state index in [-0.39, 0.29) is 0 Å². The average molecular weight is 170 g/mol. The van der Waals surface area contributed by atoms with Crippen LogP contribution in [0.5, 0.6) is 0 Å². The fraction of sp³-hybridized carbons (Fsp3) is 0.900. The number of hydrogen-bond donors (Lipinski definition) is 0. The fourth-order valence-electron chi connectivity index (χ4n) is 1.75. The number of ether oxygens (including phenoxy) is 1. The Hall–Kier alpha value is -0.370. The van der Waals surface area contributed by atoms with E-state index in [4.69, 9.17) is 4.74 Å². The second-order valence-corrected chi connectivity index (χ2v) is 3.86. The molecule has 2 nitrogen and oxygen atoms in total. The molecule has 0 aromatic rings. The maximum absolute atomic E-state index is 10.4. The molecule has 12 heavy (non-hydrogen) atoms. The molecular weight excluding hydrogens is 152 g/mol. The van der Waals surface area contributed by atoms with E-state index >= 15 is 0 Å². The van der Waals surface area contributed by atoms with E-state index < -0.39 is 0 Å². The van der Waals surface area contributed by atoms with Crippen molar-refractivity contribution < 1.29 is 9.53 Å². The van der Waals surface area contributed by atoms with Crippen molar-refractivity contribution in [3.8, 4) is 0 Å². The van der Waals surface area contributed by atoms with Crippen molar-refractivity contribution in [2.75, 3.05) is 0 Å². The average Bonchev–Trinajstić information content (AvgIpc) is 2.05. The van der Waals surface area contributed by atoms with Crippen LogP contribution in [0.1, 0.15) is 39.5 Å². The monoisotopic (exact) mass is 170 g/mol. The van der Waals surface area contributed by atoms with Crippen molar-refractivity contribution in [3.63, 3.8) is 0 Å². The number of aldehydes is 1. The summed E-state index contributed by atoms with van der Waals surface area (Å²) in [6.07, 6.45) is 5.96. The zero-order valence-corrected chi connectivity index (χ0v) is 7.95. The van der Waals surface area contributed by atoms with E-state index in [2.05, 4.69) is 13.8 Å². The normalized spacial score (nSPS) is 30.6. The molecule has 1 aliphatic carbocycles. The molecule has 1 aliphatic rings. The molecule has 0 bridgehead atoms. The first-order valence-corrected chi connectivity index (χ1v) is 4.83. The van der Waals surface area contributed by atoms with Crippen molar-refractivity contribution >= 4 is 6.29 Å². The van der Waals surface area contributed by atoms with Gasteiger partial charge in [-0.25, -0.2) is 0 Å². The Morgan fingerprint density at radius 1 is 1.25 bits per heavy atom. The van der Waals surface area contributed by atoms with Crippen molar-refractivity contribution in [2.45, 2.75) is 51.7 Å². The summed E-state index contributed by atoms with van der Waals surface area (Å²) in [7, 11) is 0. The lowest BCUT2D eigenvalue weighted by Crippen LogP contribution is -2.24. The van der Waals surface area contributed by atoms with E-state index in [1.807, 2.05) is 0 Å². The molecule has 0 atom stereocenters. The van der Waals surface area contributed by atoms with Crippen LogP contribution in [0.4, 0.5) is 0 Å². The van der Waals surface area contributed by atoms with Gasteiger partial charge in [-0.05, 0) is 39.5 Å². The predicted octanol–water partition coefficient (Wildman–Crippen LogP) is 2.17. The third kappa shape index (κ3) is 2.94. The first kappa shape index (κ1) is 9.72. The third-order valence-corrected chi connectivity index (χ3v) is 2.38. The first-order valence-electron chi connectivity index (χ1n) is 4.83. The fourth-order valence-corrected chi connectivity index (χ4v) is 1.75. The molecule has 0 aromatic carbocycles. The van der Waals surface area contributed by atoms with Gasteiger partial charge in [0.15, 0.2) is 0 Å². The summed E-state index contributed by atoms with van der Waals surface area (Å²) in [5.41, 5.74) is 0. The van der Waals surface area contributed by atoms with E-state index in [1.165, 1.54) is 0 Å². The highest BCUT2D eigenvalue weighted by molar-refractivity contribution is 5.53. The number of carbonyl (C=O) groups excluding carboxylic acids is 1. The highest BCUT2D eigenvalue weighted by atomic mass is 16.5. The lowest BCUT2D eigenvalue weighted by molar-refractivity contribution is -0.113. The second kappa shape index (κ2) is 4.61. The minimum absolute atomic E-state index is 0.303. The molecule has 70 valence electrons. The van der Waals surface area contributed by atoms with Gasteiger partial charge in [-0.2, -0.15) is 0 Å². The summed E-state index contributed by atoms with van der Waals surface area (Å²) in [6, 6.07) is 0. The van der Waals surface area contributed by atoms with Crippen molar-refractivity contribution in [1.82, 2.24) is 0 Å². The summed E-state index contributed by atoms with van der Waals surface area (Å²) in [5.74, 6) is 0.303. The zero-order valence-electron chi connectivity index (χ0n) is 7.95. The minimum Gasteiger partial charge on any atom is -0.376 e. The molecule has 0 N–H and O–H groups in total. The van der Waals surface area contributed by atoms with Crippen LogP contribution in [0.15, 0.2) is 0 Å². The van der Waals surface area contributed by atoms with Gasteiger partial charge in [0.2, 0.25) is 0 Å². The molecule has 0 heterocycles. The summed E-state index contributed by atoms with van der Waals surface area (Å²) < 4.78 is 5.67. The van der Waals surface area contributed by atoms with Crippen LogP contribution in [0.25, 0.3) is 0 Å². The number of carbonyl (C=O) groups is 1. The Morgan fingerprint density at radius 3 is 2.25 bits per heavy atom. The third-order valence-electron chi connectivity index (χ3n) is 2.38. The van der Waals surface area contributed by atoms with Gasteiger partial charge in [-0.15, -0.1) is 0 Å². The predicted molar refractivity (Wildman–Crippen MR) is 48.0 cm³/mol. The van der Waals surface area contributed by atoms with Crippen LogP contribution in [0, 0.1) is 5.92 Å². The maximum Gasteiger partial charge on any atom is 0.123 e. The van der Waals surface area contributed by atoms with E-state index in [0.29, 0.717) is 18.1 Å². The van der Waals surface area contributed by atoms with Gasteiger partial charge in [-0.3, -0.25) is 0 Å². The van der Waals surface area contributed by atoms with Gasteiger partial charge in [0.1, 0.15) is 6.29 Å². The molecule has 0 aromatic heterocycles. The standard InChI is InChI=1S/C10H18O2/c1-8(2)12-10-5-3-9(7-11)4-6-10/h7-10H,3-6H2,1-2H3/t9-,10-. The van der Waals surface area contributed by atoms with Gasteiger partial charge in [0, 0.05) is 5.92 Å². The Bertz CT molecular complexity index is 135. The van der Waals surface area contributed by atoms with Crippen LogP contribution < -0.4 is 0 Å². The Kier molecular flexibility index (Phi) is 3.73. The van der Waals surface area contributed by atoms with E-state index in [0.717, 1.165) is 32.0 Å². The van der Waals surface area contributed by atoms with Crippen molar-refractivity contribution in [1.29, 1.82) is 0 Å². The summed E-state index contributed by atoms with van der Waals surface area (Å²) in [6.45, 7) is 4.12. The molecule has 0 amide bonds. The highest BCUT2D eigenvalue weighted by Crippen LogP contribution is 2.25. The first-order chi connectivity index (χ1) is 5.72. The summed E-state index contributed by atoms with van der Waals surface area (Å²) in [4.78, 5) is 10.4. The highest BCUT2D eigenvalue weighted by Gasteiger charge is 2.21. The molecule has 1 fully saturated rings. The van der Waals surface area contributed by atoms with Crippen LogP contribution in [0.3, 0.4) is 0 Å². The topological polar surface area (TPSA) is 26.3 Å². The van der Waals surface area contributed by atoms with Crippen molar-refractivity contribution in [3.05, 3.63) is 0 Å². The number of rotatable bonds is 3. The molecule has 0 radical (unpaired) electrons. The van der Waals surface area contributed by atoms with Crippen LogP contribution in [-0.2, 0) is 9.53 Å². The van der Waals surface area contributed by atoms with Crippen LogP contribution in [0.2, 0.25) is 0 Å². The second-order valence-electron chi connectivity index (χ2n) is 3.86. The smallest absolute Gasteiger partial charge is 0.123 e. The molecule has 2 heteroatoms. The lowest BCUT2D eigenvalue weighted by Gasteiger charge is -2.27. The maximum atomic E-state index is 10.4. The Morgan fingerprint density at radius 2 is 1.83 bits per heavy atom. The SMILES string of the molecule is CC(C)O[C@H]1CC[C@H](C=O)CC1. The van der Waals surface area contributed by atoms with Gasteiger partial charge in [0.25, 0.3) is 0 Å². The van der Waals surface area contributed by atoms with Gasteiger partial charge < -0.3 is 9.53 Å². The van der Waals surface area contributed by atoms with Crippen LogP contribution >= 0.6 is 0 Å². The zero-order chi connectivity index (χ0) is 8.97. The Labute approximate surface area is 74.3 Å². The van der Waals surface area contributed by atoms with Crippen LogP contribution in [-0.4, -0.2) is 18.5 Å². The molecule has 1 rings (SSSR count). The summed E-state index contributed by atoms with van der Waals surface area (Å²) in [5, 5.41) is 0. The molecule has 1 saturated carbocycles. The van der Waals surface area contributed by atoms with E-state index in [1.54, 1.807) is 0 Å². The summed E-state index contributed by atoms with van der Waals surface area (Å²) >= 11 is 0. The molecule has 0 spiro atoms. The van der Waals surface area contributed by atoms with Crippen molar-refractivity contribution in [2.24, 2.45) is 5.92 Å².